The van der Waals surface area contributed by atoms with Gasteiger partial charge < -0.3 is 9.64 Å². The summed E-state index contributed by atoms with van der Waals surface area (Å²) in [6.45, 7) is 2.21. The van der Waals surface area contributed by atoms with E-state index in [-0.39, 0.29) is 0 Å². The highest BCUT2D eigenvalue weighted by Gasteiger charge is 2.33. The Bertz CT molecular complexity index is 894. The predicted octanol–water partition coefficient (Wildman–Crippen LogP) is 2.93. The largest absolute Gasteiger partial charge is 0.493 e. The summed E-state index contributed by atoms with van der Waals surface area (Å²) in [6, 6.07) is 16.8. The Kier molecular flexibility index (Phi) is 4.21. The number of hydrogen-bond donors (Lipinski definition) is 0. The maximum absolute atomic E-state index is 12.3. The smallest absolute Gasteiger partial charge is 0.285 e. The zero-order chi connectivity index (χ0) is 17.3. The van der Waals surface area contributed by atoms with Crippen molar-refractivity contribution in [2.75, 3.05) is 19.7 Å². The lowest BCUT2D eigenvalue weighted by Gasteiger charge is -2.34. The lowest BCUT2D eigenvalue weighted by atomic mass is 9.98. The van der Waals surface area contributed by atoms with E-state index in [0.717, 1.165) is 31.7 Å². The molecule has 2 aliphatic heterocycles. The lowest BCUT2D eigenvalue weighted by molar-refractivity contribution is 0.175. The van der Waals surface area contributed by atoms with Crippen molar-refractivity contribution >= 4 is 15.9 Å². The van der Waals surface area contributed by atoms with Gasteiger partial charge in [0.25, 0.3) is 10.0 Å². The van der Waals surface area contributed by atoms with Crippen LogP contribution in [0.3, 0.4) is 0 Å². The summed E-state index contributed by atoms with van der Waals surface area (Å²) in [5.41, 5.74) is 0.715. The number of ether oxygens (including phenoxy) is 1. The van der Waals surface area contributed by atoms with Crippen molar-refractivity contribution in [3.8, 4) is 5.75 Å². The Morgan fingerprint density at radius 2 is 1.84 bits per heavy atom. The lowest BCUT2D eigenvalue weighted by Crippen LogP contribution is -2.41. The van der Waals surface area contributed by atoms with E-state index in [1.54, 1.807) is 12.1 Å². The molecular weight excluding hydrogens is 336 g/mol. The number of likely N-dealkylation sites (tertiary alicyclic amines) is 1. The van der Waals surface area contributed by atoms with Crippen molar-refractivity contribution in [3.63, 3.8) is 0 Å². The van der Waals surface area contributed by atoms with Crippen LogP contribution in [0.25, 0.3) is 0 Å². The molecule has 0 aliphatic carbocycles. The molecule has 0 aromatic heterocycles. The van der Waals surface area contributed by atoms with Gasteiger partial charge in [-0.05, 0) is 37.1 Å². The summed E-state index contributed by atoms with van der Waals surface area (Å²) in [6.07, 6.45) is 2.08. The third-order valence-electron chi connectivity index (χ3n) is 4.66. The quantitative estimate of drug-likeness (QED) is 0.848. The second-order valence-electron chi connectivity index (χ2n) is 6.46. The fourth-order valence-electron chi connectivity index (χ4n) is 3.44. The topological polar surface area (TPSA) is 59.0 Å². The molecule has 0 bridgehead atoms. The maximum Gasteiger partial charge on any atom is 0.285 e. The molecule has 1 atom stereocenters. The van der Waals surface area contributed by atoms with Gasteiger partial charge in [-0.2, -0.15) is 8.42 Å². The number of benzene rings is 2. The summed E-state index contributed by atoms with van der Waals surface area (Å²) >= 11 is 0. The molecule has 0 amide bonds. The Balaban J connectivity index is 1.49. The van der Waals surface area contributed by atoms with E-state index in [9.17, 15) is 8.42 Å². The monoisotopic (exact) mass is 356 g/mol. The molecule has 4 rings (SSSR count). The Labute approximate surface area is 148 Å². The fourth-order valence-corrected chi connectivity index (χ4v) is 4.67. The van der Waals surface area contributed by atoms with E-state index in [0.29, 0.717) is 28.8 Å². The van der Waals surface area contributed by atoms with Gasteiger partial charge in [-0.25, -0.2) is 0 Å². The Morgan fingerprint density at radius 1 is 1.08 bits per heavy atom. The van der Waals surface area contributed by atoms with Gasteiger partial charge in [0.05, 0.1) is 6.61 Å². The molecule has 2 aromatic rings. The van der Waals surface area contributed by atoms with Crippen molar-refractivity contribution < 1.29 is 13.2 Å². The maximum atomic E-state index is 12.3. The van der Waals surface area contributed by atoms with Gasteiger partial charge in [0.15, 0.2) is 5.84 Å². The molecule has 130 valence electrons. The third-order valence-corrected chi connectivity index (χ3v) is 5.99. The van der Waals surface area contributed by atoms with Gasteiger partial charge in [-0.3, -0.25) is 0 Å². The van der Waals surface area contributed by atoms with Gasteiger partial charge in [0.1, 0.15) is 10.6 Å². The van der Waals surface area contributed by atoms with Crippen molar-refractivity contribution in [1.29, 1.82) is 0 Å². The zero-order valence-corrected chi connectivity index (χ0v) is 14.7. The second-order valence-corrected chi connectivity index (χ2v) is 8.04. The molecule has 0 spiro atoms. The van der Waals surface area contributed by atoms with Crippen LogP contribution in [0.1, 0.15) is 18.4 Å². The number of amidine groups is 1. The number of fused-ring (bicyclic) bond motifs is 1. The van der Waals surface area contributed by atoms with Gasteiger partial charge in [-0.1, -0.05) is 30.3 Å². The highest BCUT2D eigenvalue weighted by Crippen LogP contribution is 2.29. The molecule has 2 aliphatic rings. The summed E-state index contributed by atoms with van der Waals surface area (Å²) in [5, 5.41) is 0. The van der Waals surface area contributed by atoms with Crippen LogP contribution in [0.5, 0.6) is 5.75 Å². The first kappa shape index (κ1) is 16.1. The number of sulfonamides is 1. The standard InChI is InChI=1S/C19H20N2O3S/c22-25(23)18-11-5-4-10-17(18)19(20-25)21-12-6-7-15(13-21)14-24-16-8-2-1-3-9-16/h1-5,8-11,15H,6-7,12-14H2. The third kappa shape index (κ3) is 3.26. The average Bonchev–Trinajstić information content (AvgIpc) is 2.93. The minimum absolute atomic E-state index is 0.313. The fraction of sp³-hybridized carbons (Fsp3) is 0.316. The van der Waals surface area contributed by atoms with Gasteiger partial charge in [0.2, 0.25) is 0 Å². The van der Waals surface area contributed by atoms with Crippen LogP contribution in [0.4, 0.5) is 0 Å². The van der Waals surface area contributed by atoms with Crippen LogP contribution in [-0.2, 0) is 10.0 Å². The van der Waals surface area contributed by atoms with Gasteiger partial charge >= 0.3 is 0 Å². The van der Waals surface area contributed by atoms with Crippen LogP contribution in [0.15, 0.2) is 63.9 Å². The number of piperidine rings is 1. The van der Waals surface area contributed by atoms with Crippen molar-refractivity contribution in [2.24, 2.45) is 10.3 Å². The first-order valence-corrected chi connectivity index (χ1v) is 9.95. The highest BCUT2D eigenvalue weighted by molar-refractivity contribution is 7.90. The second kappa shape index (κ2) is 6.52. The summed E-state index contributed by atoms with van der Waals surface area (Å²) in [7, 11) is -3.56. The van der Waals surface area contributed by atoms with Crippen molar-refractivity contribution in [2.45, 2.75) is 17.7 Å². The molecule has 1 fully saturated rings. The SMILES string of the molecule is O=S1(=O)N=C(N2CCCC(COc3ccccc3)C2)c2ccccc21. The first-order valence-electron chi connectivity index (χ1n) is 8.51. The summed E-state index contributed by atoms with van der Waals surface area (Å²) in [5.74, 6) is 1.80. The van der Waals surface area contributed by atoms with Gasteiger partial charge in [0, 0.05) is 24.6 Å². The number of nitrogens with zero attached hydrogens (tertiary/aromatic N) is 2. The van der Waals surface area contributed by atoms with Gasteiger partial charge in [-0.15, -0.1) is 4.40 Å². The average molecular weight is 356 g/mol. The molecular formula is C19H20N2O3S. The highest BCUT2D eigenvalue weighted by atomic mass is 32.2. The predicted molar refractivity (Wildman–Crippen MR) is 96.4 cm³/mol. The van der Waals surface area contributed by atoms with E-state index in [2.05, 4.69) is 9.30 Å². The number of rotatable bonds is 3. The molecule has 25 heavy (non-hydrogen) atoms. The molecule has 0 N–H and O–H groups in total. The van der Waals surface area contributed by atoms with Crippen LogP contribution < -0.4 is 4.74 Å². The van der Waals surface area contributed by atoms with Crippen LogP contribution >= 0.6 is 0 Å². The summed E-state index contributed by atoms with van der Waals surface area (Å²) in [4.78, 5) is 2.40. The number of para-hydroxylation sites is 1. The molecule has 5 nitrogen and oxygen atoms in total. The van der Waals surface area contributed by atoms with E-state index in [1.165, 1.54) is 0 Å². The summed E-state index contributed by atoms with van der Waals surface area (Å²) < 4.78 is 34.4. The molecule has 6 heteroatoms. The Hall–Kier alpha value is -2.34. The molecule has 1 unspecified atom stereocenters. The van der Waals surface area contributed by atoms with Crippen molar-refractivity contribution in [3.05, 3.63) is 60.2 Å². The molecule has 0 radical (unpaired) electrons. The minimum Gasteiger partial charge on any atom is -0.493 e. The molecule has 1 saturated heterocycles. The normalized spacial score (nSPS) is 21.5. The van der Waals surface area contributed by atoms with Crippen LogP contribution in [0, 0.1) is 5.92 Å². The van der Waals surface area contributed by atoms with Crippen LogP contribution in [-0.4, -0.2) is 38.8 Å². The van der Waals surface area contributed by atoms with E-state index in [4.69, 9.17) is 4.74 Å². The van der Waals surface area contributed by atoms with E-state index >= 15 is 0 Å². The van der Waals surface area contributed by atoms with E-state index in [1.807, 2.05) is 42.5 Å². The molecule has 2 aromatic carbocycles. The minimum atomic E-state index is -3.56. The zero-order valence-electron chi connectivity index (χ0n) is 13.8. The van der Waals surface area contributed by atoms with Crippen molar-refractivity contribution in [1.82, 2.24) is 4.90 Å². The number of hydrogen-bond acceptors (Lipinski definition) is 4. The Morgan fingerprint density at radius 3 is 2.68 bits per heavy atom. The van der Waals surface area contributed by atoms with Crippen LogP contribution in [0.2, 0.25) is 0 Å². The van der Waals surface area contributed by atoms with E-state index < -0.39 is 10.0 Å². The molecule has 0 saturated carbocycles. The molecule has 2 heterocycles. The first-order chi connectivity index (χ1) is 12.1.